The molecule has 1 unspecified atom stereocenters. The van der Waals surface area contributed by atoms with Crippen LogP contribution in [0.25, 0.3) is 0 Å². The van der Waals surface area contributed by atoms with Crippen molar-refractivity contribution in [3.05, 3.63) is 59.7 Å². The van der Waals surface area contributed by atoms with Crippen molar-refractivity contribution >= 4 is 23.2 Å². The fraction of sp³-hybridized carbons (Fsp3) is 0.250. The average molecular weight is 350 g/mol. The van der Waals surface area contributed by atoms with E-state index in [2.05, 4.69) is 10.6 Å². The second-order valence-electron chi connectivity index (χ2n) is 6.15. The van der Waals surface area contributed by atoms with Crippen LogP contribution in [0.3, 0.4) is 0 Å². The van der Waals surface area contributed by atoms with E-state index in [1.807, 2.05) is 37.3 Å². The molecule has 2 amide bonds. The number of rotatable bonds is 6. The van der Waals surface area contributed by atoms with Gasteiger partial charge in [-0.1, -0.05) is 29.8 Å². The highest BCUT2D eigenvalue weighted by molar-refractivity contribution is 5.97. The summed E-state index contributed by atoms with van der Waals surface area (Å²) in [5, 5.41) is 14.6. The van der Waals surface area contributed by atoms with Gasteiger partial charge in [0.25, 0.3) is 0 Å². The van der Waals surface area contributed by atoms with Crippen molar-refractivity contribution < 1.29 is 9.59 Å². The van der Waals surface area contributed by atoms with E-state index in [4.69, 9.17) is 5.26 Å². The number of amides is 2. The Balaban J connectivity index is 1.92. The Morgan fingerprint density at radius 3 is 2.42 bits per heavy atom. The first-order chi connectivity index (χ1) is 12.4. The molecule has 0 fully saturated rings. The summed E-state index contributed by atoms with van der Waals surface area (Å²) in [5.41, 5.74) is 2.69. The smallest absolute Gasteiger partial charge is 0.241 e. The van der Waals surface area contributed by atoms with Crippen LogP contribution in [-0.2, 0) is 9.59 Å². The van der Waals surface area contributed by atoms with E-state index in [0.717, 1.165) is 5.56 Å². The van der Waals surface area contributed by atoms with Crippen LogP contribution in [0.5, 0.6) is 0 Å². The molecule has 2 aromatic rings. The molecule has 134 valence electrons. The third-order valence-electron chi connectivity index (χ3n) is 4.07. The number of nitrogens with one attached hydrogen (secondary N) is 2. The standard InChI is InChI=1S/C20H22N4O2/c1-14-8-10-17(11-9-14)22-19(25)13-24(3)15(2)20(26)23-18-7-5-4-6-16(18)12-21/h4-11,15H,13H2,1-3H3,(H,22,25)(H,23,26). The van der Waals surface area contributed by atoms with Crippen molar-refractivity contribution in [1.82, 2.24) is 4.90 Å². The average Bonchev–Trinajstić information content (AvgIpc) is 2.63. The SMILES string of the molecule is Cc1ccc(NC(=O)CN(C)C(C)C(=O)Nc2ccccc2C#N)cc1. The number of benzene rings is 2. The largest absolute Gasteiger partial charge is 0.325 e. The minimum Gasteiger partial charge on any atom is -0.325 e. The third-order valence-corrected chi connectivity index (χ3v) is 4.07. The van der Waals surface area contributed by atoms with E-state index in [1.165, 1.54) is 0 Å². The fourth-order valence-electron chi connectivity index (χ4n) is 2.33. The van der Waals surface area contributed by atoms with Gasteiger partial charge in [0.05, 0.1) is 23.8 Å². The first-order valence-corrected chi connectivity index (χ1v) is 8.27. The summed E-state index contributed by atoms with van der Waals surface area (Å²) in [7, 11) is 1.70. The summed E-state index contributed by atoms with van der Waals surface area (Å²) in [6.07, 6.45) is 0. The zero-order chi connectivity index (χ0) is 19.1. The topological polar surface area (TPSA) is 85.2 Å². The van der Waals surface area contributed by atoms with Gasteiger partial charge in [0.2, 0.25) is 11.8 Å². The van der Waals surface area contributed by atoms with Crippen LogP contribution >= 0.6 is 0 Å². The normalized spacial score (nSPS) is 11.5. The number of carbonyl (C=O) groups is 2. The number of anilines is 2. The molecule has 0 aliphatic rings. The van der Waals surface area contributed by atoms with E-state index in [-0.39, 0.29) is 18.4 Å². The minimum absolute atomic E-state index is 0.0718. The summed E-state index contributed by atoms with van der Waals surface area (Å²) in [6.45, 7) is 3.76. The van der Waals surface area contributed by atoms with Gasteiger partial charge < -0.3 is 10.6 Å². The number of para-hydroxylation sites is 1. The molecule has 0 saturated carbocycles. The fourth-order valence-corrected chi connectivity index (χ4v) is 2.33. The second kappa shape index (κ2) is 8.79. The molecule has 6 heteroatoms. The lowest BCUT2D eigenvalue weighted by Gasteiger charge is -2.23. The van der Waals surface area contributed by atoms with Gasteiger partial charge in [-0.2, -0.15) is 5.26 Å². The lowest BCUT2D eigenvalue weighted by atomic mass is 10.2. The van der Waals surface area contributed by atoms with Crippen LogP contribution < -0.4 is 10.6 Å². The van der Waals surface area contributed by atoms with Gasteiger partial charge in [0.1, 0.15) is 6.07 Å². The van der Waals surface area contributed by atoms with Gasteiger partial charge in [0.15, 0.2) is 0 Å². The highest BCUT2D eigenvalue weighted by Crippen LogP contribution is 2.14. The van der Waals surface area contributed by atoms with Gasteiger partial charge in [0, 0.05) is 5.69 Å². The molecule has 0 aliphatic carbocycles. The molecule has 0 saturated heterocycles. The zero-order valence-electron chi connectivity index (χ0n) is 15.1. The van der Waals surface area contributed by atoms with Crippen molar-refractivity contribution in [2.24, 2.45) is 0 Å². The molecule has 0 aliphatic heterocycles. The molecule has 0 aromatic heterocycles. The Morgan fingerprint density at radius 1 is 1.12 bits per heavy atom. The van der Waals surface area contributed by atoms with Crippen LogP contribution in [0.15, 0.2) is 48.5 Å². The van der Waals surface area contributed by atoms with Crippen molar-refractivity contribution in [3.8, 4) is 6.07 Å². The Labute approximate surface area is 153 Å². The van der Waals surface area contributed by atoms with Crippen molar-refractivity contribution in [3.63, 3.8) is 0 Å². The maximum Gasteiger partial charge on any atom is 0.241 e. The molecule has 1 atom stereocenters. The van der Waals surface area contributed by atoms with E-state index >= 15 is 0 Å². The number of hydrogen-bond acceptors (Lipinski definition) is 4. The Kier molecular flexibility index (Phi) is 6.48. The van der Waals surface area contributed by atoms with E-state index in [1.54, 1.807) is 43.1 Å². The van der Waals surface area contributed by atoms with Crippen LogP contribution in [0, 0.1) is 18.3 Å². The molecular formula is C20H22N4O2. The lowest BCUT2D eigenvalue weighted by molar-refractivity contribution is -0.122. The van der Waals surface area contributed by atoms with Crippen LogP contribution in [0.4, 0.5) is 11.4 Å². The van der Waals surface area contributed by atoms with E-state index in [0.29, 0.717) is 16.9 Å². The zero-order valence-corrected chi connectivity index (χ0v) is 15.1. The summed E-state index contributed by atoms with van der Waals surface area (Å²) >= 11 is 0. The summed E-state index contributed by atoms with van der Waals surface area (Å²) in [6, 6.07) is 15.8. The Hall–Kier alpha value is -3.17. The van der Waals surface area contributed by atoms with Gasteiger partial charge in [-0.15, -0.1) is 0 Å². The van der Waals surface area contributed by atoms with E-state index < -0.39 is 6.04 Å². The first-order valence-electron chi connectivity index (χ1n) is 8.27. The molecular weight excluding hydrogens is 328 g/mol. The molecule has 0 heterocycles. The molecule has 0 radical (unpaired) electrons. The number of hydrogen-bond donors (Lipinski definition) is 2. The number of nitrogens with zero attached hydrogens (tertiary/aromatic N) is 2. The predicted octanol–water partition coefficient (Wildman–Crippen LogP) is 2.76. The minimum atomic E-state index is -0.537. The maximum absolute atomic E-state index is 12.4. The summed E-state index contributed by atoms with van der Waals surface area (Å²) < 4.78 is 0. The highest BCUT2D eigenvalue weighted by Gasteiger charge is 2.21. The number of aryl methyl sites for hydroxylation is 1. The lowest BCUT2D eigenvalue weighted by Crippen LogP contribution is -2.43. The molecule has 6 nitrogen and oxygen atoms in total. The molecule has 26 heavy (non-hydrogen) atoms. The quantitative estimate of drug-likeness (QED) is 0.839. The summed E-state index contributed by atoms with van der Waals surface area (Å²) in [5.74, 6) is -0.480. The van der Waals surface area contributed by atoms with Crippen LogP contribution in [0.2, 0.25) is 0 Å². The summed E-state index contributed by atoms with van der Waals surface area (Å²) in [4.78, 5) is 26.2. The number of likely N-dealkylation sites (N-methyl/N-ethyl adjacent to an activating group) is 1. The predicted molar refractivity (Wildman–Crippen MR) is 102 cm³/mol. The third kappa shape index (κ3) is 5.16. The van der Waals surface area contributed by atoms with Gasteiger partial charge in [-0.3, -0.25) is 14.5 Å². The number of nitriles is 1. The molecule has 2 N–H and O–H groups in total. The maximum atomic E-state index is 12.4. The number of carbonyl (C=O) groups excluding carboxylic acids is 2. The molecule has 2 aromatic carbocycles. The monoisotopic (exact) mass is 350 g/mol. The second-order valence-corrected chi connectivity index (χ2v) is 6.15. The van der Waals surface area contributed by atoms with Crippen molar-refractivity contribution in [1.29, 1.82) is 5.26 Å². The van der Waals surface area contributed by atoms with E-state index in [9.17, 15) is 9.59 Å². The molecule has 2 rings (SSSR count). The van der Waals surface area contributed by atoms with Gasteiger partial charge in [-0.25, -0.2) is 0 Å². The molecule has 0 bridgehead atoms. The van der Waals surface area contributed by atoms with Gasteiger partial charge >= 0.3 is 0 Å². The first kappa shape index (κ1) is 19.2. The van der Waals surface area contributed by atoms with Crippen molar-refractivity contribution in [2.75, 3.05) is 24.2 Å². The Morgan fingerprint density at radius 2 is 1.77 bits per heavy atom. The van der Waals surface area contributed by atoms with Crippen molar-refractivity contribution in [2.45, 2.75) is 19.9 Å². The Bertz CT molecular complexity index is 824. The highest BCUT2D eigenvalue weighted by atomic mass is 16.2. The van der Waals surface area contributed by atoms with Gasteiger partial charge in [-0.05, 0) is 45.2 Å². The molecule has 0 spiro atoms. The van der Waals surface area contributed by atoms with Crippen LogP contribution in [-0.4, -0.2) is 36.3 Å². The van der Waals surface area contributed by atoms with Crippen LogP contribution in [0.1, 0.15) is 18.1 Å².